The van der Waals surface area contributed by atoms with Gasteiger partial charge in [-0.1, -0.05) is 31.0 Å². The topological polar surface area (TPSA) is 41.6 Å². The lowest BCUT2D eigenvalue weighted by atomic mass is 10.2. The molecule has 1 aliphatic heterocycles. The summed E-state index contributed by atoms with van der Waals surface area (Å²) in [6, 6.07) is 6.69. The van der Waals surface area contributed by atoms with Crippen LogP contribution >= 0.6 is 24.0 Å². The van der Waals surface area contributed by atoms with Crippen LogP contribution in [0.25, 0.3) is 0 Å². The van der Waals surface area contributed by atoms with E-state index in [9.17, 15) is 4.39 Å². The van der Waals surface area contributed by atoms with Gasteiger partial charge in [0.25, 0.3) is 0 Å². The Bertz CT molecular complexity index is 415. The normalized spacial score (nSPS) is 16.7. The molecule has 0 spiro atoms. The van der Waals surface area contributed by atoms with Crippen LogP contribution in [0, 0.1) is 5.82 Å². The fourth-order valence-corrected chi connectivity index (χ4v) is 2.19. The molecule has 0 radical (unpaired) electrons. The zero-order valence-electron chi connectivity index (χ0n) is 11.0. The summed E-state index contributed by atoms with van der Waals surface area (Å²) in [5.74, 6) is 0.324. The van der Waals surface area contributed by atoms with Crippen molar-refractivity contribution in [3.63, 3.8) is 0 Å². The number of hydrogen-bond acceptors (Lipinski definition) is 1. The Morgan fingerprint density at radius 2 is 1.79 bits per heavy atom. The summed E-state index contributed by atoms with van der Waals surface area (Å²) in [6.45, 7) is 2.24. The second-order valence-electron chi connectivity index (χ2n) is 4.67. The summed E-state index contributed by atoms with van der Waals surface area (Å²) >= 11 is 0. The first kappa shape index (κ1) is 16.2. The predicted octanol–water partition coefficient (Wildman–Crippen LogP) is 3.13. The van der Waals surface area contributed by atoms with Gasteiger partial charge in [-0.3, -0.25) is 0 Å². The van der Waals surface area contributed by atoms with Crippen molar-refractivity contribution in [3.05, 3.63) is 35.6 Å². The van der Waals surface area contributed by atoms with Crippen LogP contribution in [0.4, 0.5) is 4.39 Å². The average molecular weight is 377 g/mol. The van der Waals surface area contributed by atoms with Crippen molar-refractivity contribution >= 4 is 29.9 Å². The highest BCUT2D eigenvalue weighted by Crippen LogP contribution is 2.11. The van der Waals surface area contributed by atoms with Crippen LogP contribution in [0.3, 0.4) is 0 Å². The molecule has 1 heterocycles. The fraction of sp³-hybridized carbons (Fsp3) is 0.500. The molecule has 0 aromatic heterocycles. The van der Waals surface area contributed by atoms with E-state index >= 15 is 0 Å². The van der Waals surface area contributed by atoms with E-state index in [2.05, 4.69) is 9.89 Å². The van der Waals surface area contributed by atoms with Crippen LogP contribution in [0.5, 0.6) is 0 Å². The van der Waals surface area contributed by atoms with Crippen LogP contribution in [-0.4, -0.2) is 23.9 Å². The highest BCUT2D eigenvalue weighted by atomic mass is 127. The average Bonchev–Trinajstić information content (AvgIpc) is 2.66. The van der Waals surface area contributed by atoms with Crippen LogP contribution in [0.15, 0.2) is 29.3 Å². The Morgan fingerprint density at radius 1 is 1.16 bits per heavy atom. The summed E-state index contributed by atoms with van der Waals surface area (Å²) in [5, 5.41) is 0. The molecule has 1 aromatic rings. The Balaban J connectivity index is 0.00000180. The molecule has 1 aromatic carbocycles. The zero-order chi connectivity index (χ0) is 12.8. The van der Waals surface area contributed by atoms with Crippen LogP contribution in [0.2, 0.25) is 0 Å². The molecule has 106 valence electrons. The van der Waals surface area contributed by atoms with Crippen LogP contribution < -0.4 is 5.73 Å². The Labute approximate surface area is 131 Å². The van der Waals surface area contributed by atoms with Crippen molar-refractivity contribution in [2.75, 3.05) is 13.1 Å². The van der Waals surface area contributed by atoms with E-state index in [0.717, 1.165) is 25.9 Å². The number of benzene rings is 1. The zero-order valence-corrected chi connectivity index (χ0v) is 13.3. The molecule has 1 fully saturated rings. The number of nitrogens with zero attached hydrogens (tertiary/aromatic N) is 2. The van der Waals surface area contributed by atoms with Gasteiger partial charge >= 0.3 is 0 Å². The van der Waals surface area contributed by atoms with Crippen molar-refractivity contribution in [2.24, 2.45) is 10.7 Å². The van der Waals surface area contributed by atoms with E-state index in [1.165, 1.54) is 18.9 Å². The maximum absolute atomic E-state index is 13.4. The molecular formula is C14H21FIN3. The maximum atomic E-state index is 13.4. The monoisotopic (exact) mass is 377 g/mol. The number of likely N-dealkylation sites (tertiary alicyclic amines) is 1. The van der Waals surface area contributed by atoms with E-state index in [-0.39, 0.29) is 29.8 Å². The molecule has 0 amide bonds. The van der Waals surface area contributed by atoms with Gasteiger partial charge in [-0.25, -0.2) is 9.38 Å². The molecular weight excluding hydrogens is 356 g/mol. The van der Waals surface area contributed by atoms with Gasteiger partial charge in [0.2, 0.25) is 0 Å². The number of rotatable bonds is 2. The lowest BCUT2D eigenvalue weighted by molar-refractivity contribution is 0.428. The SMILES string of the molecule is I.NC(=NCc1ccccc1F)N1CCCCCC1. The molecule has 0 saturated carbocycles. The molecule has 1 aliphatic rings. The molecule has 1 saturated heterocycles. The Hall–Kier alpha value is -0.850. The van der Waals surface area contributed by atoms with Crippen molar-refractivity contribution < 1.29 is 4.39 Å². The minimum absolute atomic E-state index is 0. The van der Waals surface area contributed by atoms with Crippen molar-refractivity contribution in [2.45, 2.75) is 32.2 Å². The predicted molar refractivity (Wildman–Crippen MR) is 87.2 cm³/mol. The van der Waals surface area contributed by atoms with Gasteiger partial charge in [-0.05, 0) is 18.9 Å². The van der Waals surface area contributed by atoms with Gasteiger partial charge in [-0.2, -0.15) is 0 Å². The number of hydrogen-bond donors (Lipinski definition) is 1. The van der Waals surface area contributed by atoms with E-state index in [4.69, 9.17) is 5.73 Å². The second kappa shape index (κ2) is 8.35. The third-order valence-electron chi connectivity index (χ3n) is 3.30. The highest BCUT2D eigenvalue weighted by Gasteiger charge is 2.10. The Morgan fingerprint density at radius 3 is 2.42 bits per heavy atom. The smallest absolute Gasteiger partial charge is 0.191 e. The number of aliphatic imine (C=N–C) groups is 1. The van der Waals surface area contributed by atoms with E-state index in [0.29, 0.717) is 18.1 Å². The molecule has 0 aliphatic carbocycles. The highest BCUT2D eigenvalue weighted by molar-refractivity contribution is 14.0. The number of halogens is 2. The quantitative estimate of drug-likeness (QED) is 0.489. The van der Waals surface area contributed by atoms with Gasteiger partial charge in [0.15, 0.2) is 5.96 Å². The first-order valence-electron chi connectivity index (χ1n) is 6.55. The molecule has 0 bridgehead atoms. The molecule has 0 unspecified atom stereocenters. The molecule has 2 N–H and O–H groups in total. The maximum Gasteiger partial charge on any atom is 0.191 e. The minimum Gasteiger partial charge on any atom is -0.370 e. The summed E-state index contributed by atoms with van der Waals surface area (Å²) in [4.78, 5) is 6.41. The van der Waals surface area contributed by atoms with Crippen molar-refractivity contribution in [1.29, 1.82) is 0 Å². The lowest BCUT2D eigenvalue weighted by Crippen LogP contribution is -2.38. The lowest BCUT2D eigenvalue weighted by Gasteiger charge is -2.21. The van der Waals surface area contributed by atoms with Crippen molar-refractivity contribution in [3.8, 4) is 0 Å². The summed E-state index contributed by atoms with van der Waals surface area (Å²) in [7, 11) is 0. The second-order valence-corrected chi connectivity index (χ2v) is 4.67. The Kier molecular flexibility index (Phi) is 7.12. The van der Waals surface area contributed by atoms with Gasteiger partial charge < -0.3 is 10.6 Å². The first-order valence-corrected chi connectivity index (χ1v) is 6.55. The largest absolute Gasteiger partial charge is 0.370 e. The molecule has 2 rings (SSSR count). The van der Waals surface area contributed by atoms with Gasteiger partial charge in [0.05, 0.1) is 6.54 Å². The van der Waals surface area contributed by atoms with Crippen LogP contribution in [0.1, 0.15) is 31.2 Å². The van der Waals surface area contributed by atoms with Crippen LogP contribution in [-0.2, 0) is 6.54 Å². The molecule has 5 heteroatoms. The van der Waals surface area contributed by atoms with Gasteiger partial charge in [0.1, 0.15) is 5.82 Å². The third-order valence-corrected chi connectivity index (χ3v) is 3.30. The third kappa shape index (κ3) is 4.97. The van der Waals surface area contributed by atoms with E-state index in [1.54, 1.807) is 12.1 Å². The number of nitrogens with two attached hydrogens (primary N) is 1. The summed E-state index contributed by atoms with van der Waals surface area (Å²) < 4.78 is 13.4. The van der Waals surface area contributed by atoms with Crippen molar-refractivity contribution in [1.82, 2.24) is 4.90 Å². The van der Waals surface area contributed by atoms with Gasteiger partial charge in [-0.15, -0.1) is 24.0 Å². The molecule has 19 heavy (non-hydrogen) atoms. The van der Waals surface area contributed by atoms with Gasteiger partial charge in [0, 0.05) is 18.7 Å². The first-order chi connectivity index (χ1) is 8.77. The molecule has 3 nitrogen and oxygen atoms in total. The summed E-state index contributed by atoms with van der Waals surface area (Å²) in [6.07, 6.45) is 4.85. The summed E-state index contributed by atoms with van der Waals surface area (Å²) in [5.41, 5.74) is 6.56. The van der Waals surface area contributed by atoms with E-state index in [1.807, 2.05) is 6.07 Å². The minimum atomic E-state index is -0.218. The van der Waals surface area contributed by atoms with E-state index < -0.39 is 0 Å². The number of guanidine groups is 1. The molecule has 0 atom stereocenters. The standard InChI is InChI=1S/C14H20FN3.HI/c15-13-8-4-3-7-12(13)11-17-14(16)18-9-5-1-2-6-10-18;/h3-4,7-8H,1-2,5-6,9-11H2,(H2,16,17);1H. The fourth-order valence-electron chi connectivity index (χ4n) is 2.19.